The fourth-order valence-corrected chi connectivity index (χ4v) is 0.400. The third kappa shape index (κ3) is 893. The molecule has 0 spiro atoms. The molecule has 0 bridgehead atoms. The highest BCUT2D eigenvalue weighted by molar-refractivity contribution is 5.63. The quantitative estimate of drug-likeness (QED) is 0.560. The third-order valence-electron chi connectivity index (χ3n) is 0.994. The zero-order valence-corrected chi connectivity index (χ0v) is 15.7. The van der Waals surface area contributed by atoms with E-state index < -0.39 is 23.9 Å². The average Bonchev–Trinajstić information content (AvgIpc) is 2.22. The molecule has 0 saturated carbocycles. The molecule has 0 rings (SSSR count). The van der Waals surface area contributed by atoms with Gasteiger partial charge < -0.3 is 30.2 Å². The van der Waals surface area contributed by atoms with Crippen LogP contribution in [0.25, 0.3) is 0 Å². The first kappa shape index (κ1) is 33.4. The van der Waals surface area contributed by atoms with Gasteiger partial charge in [-0.15, -0.1) is 0 Å². The van der Waals surface area contributed by atoms with E-state index in [0.29, 0.717) is 0 Å². The third-order valence-corrected chi connectivity index (χ3v) is 0.994. The Kier molecular flexibility index (Phi) is 35.8. The molecule has 0 aromatic carbocycles. The van der Waals surface area contributed by atoms with Crippen molar-refractivity contribution >= 4 is 23.9 Å². The van der Waals surface area contributed by atoms with Crippen molar-refractivity contribution in [2.45, 2.75) is 27.7 Å². The Bertz CT molecular complexity index is 259. The summed E-state index contributed by atoms with van der Waals surface area (Å²) in [4.78, 5) is 40.4. The summed E-state index contributed by atoms with van der Waals surface area (Å²) in [7, 11) is 8.35. The minimum atomic E-state index is -0.833. The molecule has 0 atom stereocenters. The summed E-state index contributed by atoms with van der Waals surface area (Å²) in [6.45, 7) is 6.62. The van der Waals surface area contributed by atoms with Crippen LogP contribution in [0.3, 0.4) is 0 Å². The van der Waals surface area contributed by atoms with E-state index in [9.17, 15) is 0 Å². The second-order valence-corrected chi connectivity index (χ2v) is 4.68. The van der Waals surface area contributed by atoms with Gasteiger partial charge in [0.2, 0.25) is 0 Å². The number of carbonyl (C=O) groups is 4. The van der Waals surface area contributed by atoms with Crippen LogP contribution in [0.4, 0.5) is 0 Å². The van der Waals surface area contributed by atoms with E-state index in [1.54, 1.807) is 0 Å². The Labute approximate surface area is 143 Å². The smallest absolute Gasteiger partial charge is 0.300 e. The summed E-state index contributed by atoms with van der Waals surface area (Å²) in [6.07, 6.45) is 0. The van der Waals surface area contributed by atoms with Crippen molar-refractivity contribution in [1.82, 2.24) is 9.80 Å². The van der Waals surface area contributed by atoms with E-state index in [1.165, 1.54) is 0 Å². The monoisotopic (exact) mass is 356 g/mol. The van der Waals surface area contributed by atoms with Crippen LogP contribution in [0.2, 0.25) is 0 Å². The highest BCUT2D eigenvalue weighted by atomic mass is 16.4. The van der Waals surface area contributed by atoms with Gasteiger partial charge >= 0.3 is 0 Å². The zero-order chi connectivity index (χ0) is 20.9. The van der Waals surface area contributed by atoms with Gasteiger partial charge in [0.25, 0.3) is 23.9 Å². The fraction of sp³-hybridized carbons (Fsp3) is 0.714. The molecule has 0 amide bonds. The van der Waals surface area contributed by atoms with Crippen molar-refractivity contribution in [2.24, 2.45) is 0 Å². The number of aliphatic carboxylic acids is 4. The molecule has 24 heavy (non-hydrogen) atoms. The standard InChI is InChI=1S/C6H16N2.4C2H4O2/c1-7(2)5-6-8(3)4;4*1-2(3)4/h5-6H2,1-4H3;4*1H3,(H,3,4). The van der Waals surface area contributed by atoms with Gasteiger partial charge in [0.1, 0.15) is 0 Å². The summed E-state index contributed by atoms with van der Waals surface area (Å²) in [5, 5.41) is 29.7. The number of nitrogens with zero attached hydrogens (tertiary/aromatic N) is 2. The van der Waals surface area contributed by atoms with E-state index in [4.69, 9.17) is 39.6 Å². The number of hydrogen-bond donors (Lipinski definition) is 4. The molecule has 0 aromatic rings. The van der Waals surface area contributed by atoms with Gasteiger partial charge in [-0.25, -0.2) is 0 Å². The summed E-state index contributed by atoms with van der Waals surface area (Å²) < 4.78 is 0. The molecule has 0 saturated heterocycles. The molecule has 0 aliphatic heterocycles. The molecule has 146 valence electrons. The van der Waals surface area contributed by atoms with Gasteiger partial charge in [-0.1, -0.05) is 0 Å². The maximum atomic E-state index is 9.00. The molecular weight excluding hydrogens is 324 g/mol. The minimum Gasteiger partial charge on any atom is -0.481 e. The molecule has 10 nitrogen and oxygen atoms in total. The summed E-state index contributed by atoms with van der Waals surface area (Å²) >= 11 is 0. The van der Waals surface area contributed by atoms with Gasteiger partial charge in [0.05, 0.1) is 0 Å². The van der Waals surface area contributed by atoms with E-state index in [-0.39, 0.29) is 0 Å². The molecule has 4 N–H and O–H groups in total. The van der Waals surface area contributed by atoms with Crippen LogP contribution in [-0.4, -0.2) is 95.4 Å². The second-order valence-electron chi connectivity index (χ2n) is 4.68. The predicted molar refractivity (Wildman–Crippen MR) is 90.3 cm³/mol. The van der Waals surface area contributed by atoms with Gasteiger partial charge in [0.15, 0.2) is 0 Å². The first-order chi connectivity index (χ1) is 10.6. The Morgan fingerprint density at radius 1 is 0.542 bits per heavy atom. The zero-order valence-electron chi connectivity index (χ0n) is 15.7. The molecule has 0 aliphatic carbocycles. The van der Waals surface area contributed by atoms with E-state index in [2.05, 4.69) is 38.0 Å². The Hall–Kier alpha value is -2.20. The Balaban J connectivity index is -0.0000000657. The van der Waals surface area contributed by atoms with Gasteiger partial charge in [-0.3, -0.25) is 19.2 Å². The van der Waals surface area contributed by atoms with Crippen LogP contribution < -0.4 is 0 Å². The van der Waals surface area contributed by atoms with Crippen molar-refractivity contribution in [3.05, 3.63) is 0 Å². The van der Waals surface area contributed by atoms with Crippen LogP contribution in [0.5, 0.6) is 0 Å². The highest BCUT2D eigenvalue weighted by Crippen LogP contribution is 1.76. The molecular formula is C14H32N2O8. The van der Waals surface area contributed by atoms with Crippen molar-refractivity contribution < 1.29 is 39.6 Å². The van der Waals surface area contributed by atoms with Crippen molar-refractivity contribution in [2.75, 3.05) is 41.3 Å². The fourth-order valence-electron chi connectivity index (χ4n) is 0.400. The van der Waals surface area contributed by atoms with Crippen LogP contribution in [0.1, 0.15) is 27.7 Å². The molecule has 0 unspecified atom stereocenters. The highest BCUT2D eigenvalue weighted by Gasteiger charge is 1.89. The van der Waals surface area contributed by atoms with Crippen molar-refractivity contribution in [3.63, 3.8) is 0 Å². The lowest BCUT2D eigenvalue weighted by molar-refractivity contribution is -0.135. The summed E-state index contributed by atoms with van der Waals surface area (Å²) in [5.74, 6) is -3.33. The number of rotatable bonds is 3. The second kappa shape index (κ2) is 25.7. The van der Waals surface area contributed by atoms with Gasteiger partial charge in [-0.05, 0) is 28.2 Å². The van der Waals surface area contributed by atoms with Crippen LogP contribution in [-0.2, 0) is 19.2 Å². The first-order valence-corrected chi connectivity index (χ1v) is 6.63. The topological polar surface area (TPSA) is 156 Å². The summed E-state index contributed by atoms with van der Waals surface area (Å²) in [5.41, 5.74) is 0. The molecule has 0 radical (unpaired) electrons. The van der Waals surface area contributed by atoms with Gasteiger partial charge in [-0.2, -0.15) is 0 Å². The van der Waals surface area contributed by atoms with E-state index >= 15 is 0 Å². The molecule has 0 aliphatic rings. The normalized spacial score (nSPS) is 7.92. The van der Waals surface area contributed by atoms with Crippen molar-refractivity contribution in [3.8, 4) is 0 Å². The Morgan fingerprint density at radius 2 is 0.625 bits per heavy atom. The lowest BCUT2D eigenvalue weighted by atomic mass is 10.5. The predicted octanol–water partition coefficient (Wildman–Crippen LogP) is 0.473. The maximum absolute atomic E-state index is 9.00. The lowest BCUT2D eigenvalue weighted by Crippen LogP contribution is -2.25. The lowest BCUT2D eigenvalue weighted by Gasteiger charge is -2.13. The molecule has 0 aromatic heterocycles. The molecule has 10 heteroatoms. The number of carboxylic acid groups (broad SMARTS) is 4. The average molecular weight is 356 g/mol. The van der Waals surface area contributed by atoms with Gasteiger partial charge in [0, 0.05) is 40.8 Å². The number of likely N-dealkylation sites (N-methyl/N-ethyl adjacent to an activating group) is 2. The van der Waals surface area contributed by atoms with E-state index in [1.807, 2.05) is 0 Å². The largest absolute Gasteiger partial charge is 0.481 e. The van der Waals surface area contributed by atoms with Crippen LogP contribution in [0.15, 0.2) is 0 Å². The molecule has 0 heterocycles. The number of hydrogen-bond acceptors (Lipinski definition) is 6. The van der Waals surface area contributed by atoms with E-state index in [0.717, 1.165) is 40.8 Å². The van der Waals surface area contributed by atoms with Crippen LogP contribution >= 0.6 is 0 Å². The van der Waals surface area contributed by atoms with Crippen LogP contribution in [0, 0.1) is 0 Å². The maximum Gasteiger partial charge on any atom is 0.300 e. The first-order valence-electron chi connectivity index (χ1n) is 6.63. The van der Waals surface area contributed by atoms with Crippen molar-refractivity contribution in [1.29, 1.82) is 0 Å². The number of carboxylic acids is 4. The Morgan fingerprint density at radius 3 is 0.667 bits per heavy atom. The minimum absolute atomic E-state index is 0.833. The summed E-state index contributed by atoms with van der Waals surface area (Å²) in [6, 6.07) is 0. The molecule has 0 fully saturated rings. The SMILES string of the molecule is CC(=O)O.CC(=O)O.CC(=O)O.CC(=O)O.CN(C)CCN(C)C.